The molecule has 1 aromatic carbocycles. The number of hydrogen-bond acceptors (Lipinski definition) is 2. The molecule has 17 heavy (non-hydrogen) atoms. The number of benzene rings is 1. The quantitative estimate of drug-likeness (QED) is 0.853. The molecule has 0 amide bonds. The van der Waals surface area contributed by atoms with Crippen LogP contribution in [0.25, 0.3) is 0 Å². The van der Waals surface area contributed by atoms with Crippen molar-refractivity contribution in [2.75, 3.05) is 14.1 Å². The van der Waals surface area contributed by atoms with Crippen molar-refractivity contribution in [1.82, 2.24) is 4.90 Å². The standard InChI is InChI=1S/C14H21NO2/c1-5-11(14(16)17)13(15(3)4)12-9-7-6-8-10(12)2/h6-9,11,13H,5H2,1-4H3,(H,16,17). The van der Waals surface area contributed by atoms with Crippen LogP contribution in [-0.2, 0) is 4.79 Å². The van der Waals surface area contributed by atoms with E-state index in [1.54, 1.807) is 0 Å². The van der Waals surface area contributed by atoms with E-state index in [1.165, 1.54) is 0 Å². The molecule has 0 saturated heterocycles. The summed E-state index contributed by atoms with van der Waals surface area (Å²) < 4.78 is 0. The Morgan fingerprint density at radius 3 is 2.35 bits per heavy atom. The average Bonchev–Trinajstić information content (AvgIpc) is 2.26. The monoisotopic (exact) mass is 235 g/mol. The Hall–Kier alpha value is -1.35. The van der Waals surface area contributed by atoms with Gasteiger partial charge in [-0.1, -0.05) is 31.2 Å². The van der Waals surface area contributed by atoms with Gasteiger partial charge in [-0.05, 0) is 38.6 Å². The lowest BCUT2D eigenvalue weighted by atomic mass is 9.88. The van der Waals surface area contributed by atoms with Gasteiger partial charge in [-0.2, -0.15) is 0 Å². The topological polar surface area (TPSA) is 40.5 Å². The normalized spacial score (nSPS) is 14.6. The Balaban J connectivity index is 3.18. The fourth-order valence-electron chi connectivity index (χ4n) is 2.31. The Bertz CT molecular complexity index is 388. The van der Waals surface area contributed by atoms with Crippen molar-refractivity contribution in [2.45, 2.75) is 26.3 Å². The molecule has 0 bridgehead atoms. The number of carboxylic acids is 1. The predicted molar refractivity (Wildman–Crippen MR) is 69.0 cm³/mol. The van der Waals surface area contributed by atoms with Crippen molar-refractivity contribution in [1.29, 1.82) is 0 Å². The number of carboxylic acid groups (broad SMARTS) is 1. The number of aryl methyl sites for hydroxylation is 1. The predicted octanol–water partition coefficient (Wildman–Crippen LogP) is 2.71. The Labute approximate surface area is 103 Å². The second-order valence-corrected chi connectivity index (χ2v) is 4.62. The first-order valence-corrected chi connectivity index (χ1v) is 5.93. The minimum Gasteiger partial charge on any atom is -0.481 e. The van der Waals surface area contributed by atoms with Gasteiger partial charge < -0.3 is 10.0 Å². The van der Waals surface area contributed by atoms with Crippen LogP contribution < -0.4 is 0 Å². The third-order valence-corrected chi connectivity index (χ3v) is 3.20. The SMILES string of the molecule is CCC(C(=O)O)C(c1ccccc1C)N(C)C. The summed E-state index contributed by atoms with van der Waals surface area (Å²) in [5.74, 6) is -1.10. The maximum absolute atomic E-state index is 11.3. The molecule has 0 aliphatic heterocycles. The smallest absolute Gasteiger partial charge is 0.308 e. The van der Waals surface area contributed by atoms with Crippen LogP contribution >= 0.6 is 0 Å². The van der Waals surface area contributed by atoms with E-state index in [0.717, 1.165) is 11.1 Å². The molecule has 0 heterocycles. The summed E-state index contributed by atoms with van der Waals surface area (Å²) in [5.41, 5.74) is 2.25. The summed E-state index contributed by atoms with van der Waals surface area (Å²) in [6, 6.07) is 7.92. The van der Waals surface area contributed by atoms with Gasteiger partial charge >= 0.3 is 5.97 Å². The highest BCUT2D eigenvalue weighted by Gasteiger charge is 2.30. The van der Waals surface area contributed by atoms with Crippen LogP contribution in [0.15, 0.2) is 24.3 Å². The Morgan fingerprint density at radius 2 is 1.94 bits per heavy atom. The first-order valence-electron chi connectivity index (χ1n) is 5.93. The molecule has 0 aliphatic carbocycles. The summed E-state index contributed by atoms with van der Waals surface area (Å²) in [7, 11) is 3.87. The molecule has 1 aromatic rings. The lowest BCUT2D eigenvalue weighted by molar-refractivity contribution is -0.144. The van der Waals surface area contributed by atoms with Crippen molar-refractivity contribution in [2.24, 2.45) is 5.92 Å². The minimum absolute atomic E-state index is 0.0706. The molecule has 1 N–H and O–H groups in total. The minimum atomic E-state index is -0.727. The summed E-state index contributed by atoms with van der Waals surface area (Å²) in [5, 5.41) is 9.32. The average molecular weight is 235 g/mol. The van der Waals surface area contributed by atoms with Gasteiger partial charge in [-0.15, -0.1) is 0 Å². The summed E-state index contributed by atoms with van der Waals surface area (Å²) >= 11 is 0. The number of rotatable bonds is 5. The number of hydrogen-bond donors (Lipinski definition) is 1. The molecule has 2 unspecified atom stereocenters. The zero-order valence-electron chi connectivity index (χ0n) is 11.0. The van der Waals surface area contributed by atoms with Crippen molar-refractivity contribution in [3.8, 4) is 0 Å². The van der Waals surface area contributed by atoms with Crippen LogP contribution in [0.3, 0.4) is 0 Å². The molecule has 0 aliphatic rings. The van der Waals surface area contributed by atoms with Gasteiger partial charge in [-0.3, -0.25) is 4.79 Å². The van der Waals surface area contributed by atoms with Gasteiger partial charge in [0.25, 0.3) is 0 Å². The van der Waals surface area contributed by atoms with Gasteiger partial charge in [0.15, 0.2) is 0 Å². The zero-order chi connectivity index (χ0) is 13.0. The molecule has 1 rings (SSSR count). The summed E-state index contributed by atoms with van der Waals surface area (Å²) in [6.45, 7) is 3.95. The van der Waals surface area contributed by atoms with Gasteiger partial charge in [0.2, 0.25) is 0 Å². The van der Waals surface area contributed by atoms with Gasteiger partial charge in [-0.25, -0.2) is 0 Å². The van der Waals surface area contributed by atoms with E-state index < -0.39 is 5.97 Å². The molecule has 2 atom stereocenters. The van der Waals surface area contributed by atoms with Crippen LogP contribution in [0, 0.1) is 12.8 Å². The van der Waals surface area contributed by atoms with Gasteiger partial charge in [0, 0.05) is 6.04 Å². The molecule has 94 valence electrons. The van der Waals surface area contributed by atoms with E-state index >= 15 is 0 Å². The largest absolute Gasteiger partial charge is 0.481 e. The fraction of sp³-hybridized carbons (Fsp3) is 0.500. The van der Waals surface area contributed by atoms with Crippen LogP contribution in [0.1, 0.15) is 30.5 Å². The van der Waals surface area contributed by atoms with Crippen LogP contribution in [-0.4, -0.2) is 30.1 Å². The zero-order valence-corrected chi connectivity index (χ0v) is 11.0. The molecular weight excluding hydrogens is 214 g/mol. The van der Waals surface area contributed by atoms with Gasteiger partial charge in [0.1, 0.15) is 0 Å². The molecule has 0 spiro atoms. The first-order chi connectivity index (χ1) is 7.99. The second-order valence-electron chi connectivity index (χ2n) is 4.62. The van der Waals surface area contributed by atoms with Gasteiger partial charge in [0.05, 0.1) is 5.92 Å². The van der Waals surface area contributed by atoms with E-state index in [0.29, 0.717) is 6.42 Å². The van der Waals surface area contributed by atoms with Crippen molar-refractivity contribution >= 4 is 5.97 Å². The number of carbonyl (C=O) groups is 1. The van der Waals surface area contributed by atoms with E-state index in [9.17, 15) is 9.90 Å². The van der Waals surface area contributed by atoms with E-state index in [4.69, 9.17) is 0 Å². The third-order valence-electron chi connectivity index (χ3n) is 3.20. The maximum Gasteiger partial charge on any atom is 0.308 e. The van der Waals surface area contributed by atoms with Crippen molar-refractivity contribution < 1.29 is 9.90 Å². The number of nitrogens with zero attached hydrogens (tertiary/aromatic N) is 1. The molecule has 0 aromatic heterocycles. The van der Waals surface area contributed by atoms with E-state index in [-0.39, 0.29) is 12.0 Å². The van der Waals surface area contributed by atoms with E-state index in [1.807, 2.05) is 57.1 Å². The van der Waals surface area contributed by atoms with Crippen molar-refractivity contribution in [3.05, 3.63) is 35.4 Å². The molecule has 3 heteroatoms. The Kier molecular flexibility index (Phi) is 4.70. The van der Waals surface area contributed by atoms with E-state index in [2.05, 4.69) is 0 Å². The van der Waals surface area contributed by atoms with Crippen LogP contribution in [0.4, 0.5) is 0 Å². The molecule has 0 fully saturated rings. The molecule has 0 saturated carbocycles. The molecular formula is C14H21NO2. The van der Waals surface area contributed by atoms with Crippen LogP contribution in [0.2, 0.25) is 0 Å². The second kappa shape index (κ2) is 5.82. The first kappa shape index (κ1) is 13.7. The number of aliphatic carboxylic acids is 1. The highest BCUT2D eigenvalue weighted by Crippen LogP contribution is 2.31. The molecule has 0 radical (unpaired) electrons. The summed E-state index contributed by atoms with van der Waals surface area (Å²) in [6.07, 6.45) is 0.631. The molecule has 3 nitrogen and oxygen atoms in total. The fourth-order valence-corrected chi connectivity index (χ4v) is 2.31. The third kappa shape index (κ3) is 3.07. The maximum atomic E-state index is 11.3. The lowest BCUT2D eigenvalue weighted by Crippen LogP contribution is -2.32. The lowest BCUT2D eigenvalue weighted by Gasteiger charge is -2.30. The van der Waals surface area contributed by atoms with Crippen molar-refractivity contribution in [3.63, 3.8) is 0 Å². The Morgan fingerprint density at radius 1 is 1.35 bits per heavy atom. The highest BCUT2D eigenvalue weighted by molar-refractivity contribution is 5.71. The van der Waals surface area contributed by atoms with Crippen LogP contribution in [0.5, 0.6) is 0 Å². The summed E-state index contributed by atoms with van der Waals surface area (Å²) in [4.78, 5) is 13.3. The highest BCUT2D eigenvalue weighted by atomic mass is 16.4.